The predicted octanol–water partition coefficient (Wildman–Crippen LogP) is 0.627. The Morgan fingerprint density at radius 1 is 1.34 bits per heavy atom. The molecule has 16 nitrogen and oxygen atoms in total. The van der Waals surface area contributed by atoms with Crippen LogP contribution in [0.4, 0.5) is 4.39 Å². The molecule has 0 saturated carbocycles. The molecule has 0 bridgehead atoms. The number of nitrogens with two attached hydrogens (primary N) is 1. The number of rotatable bonds is 8. The summed E-state index contributed by atoms with van der Waals surface area (Å²) >= 11 is 0. The quantitative estimate of drug-likeness (QED) is 0.257. The molecule has 3 heterocycles. The number of imidazole rings is 1. The van der Waals surface area contributed by atoms with E-state index in [0.717, 1.165) is 0 Å². The first-order valence-corrected chi connectivity index (χ1v) is 13.0. The highest BCUT2D eigenvalue weighted by molar-refractivity contribution is 7.66. The first-order valence-electron chi connectivity index (χ1n) is 8.49. The number of aromatic nitrogens is 2. The highest BCUT2D eigenvalue weighted by Crippen LogP contribution is 2.66. The largest absolute Gasteiger partial charge is 0.490 e. The molecule has 1 aromatic rings. The Morgan fingerprint density at radius 3 is 2.62 bits per heavy atom. The van der Waals surface area contributed by atoms with E-state index >= 15 is 4.39 Å². The van der Waals surface area contributed by atoms with Crippen LogP contribution < -0.4 is 11.2 Å². The van der Waals surface area contributed by atoms with Gasteiger partial charge in [0.2, 0.25) is 5.96 Å². The van der Waals surface area contributed by atoms with E-state index in [9.17, 15) is 18.6 Å². The van der Waals surface area contributed by atoms with Gasteiger partial charge < -0.3 is 30.0 Å². The zero-order valence-corrected chi connectivity index (χ0v) is 18.8. The summed E-state index contributed by atoms with van der Waals surface area (Å²) in [5, 5.41) is 0. The van der Waals surface area contributed by atoms with Crippen molar-refractivity contribution in [1.82, 2.24) is 9.66 Å². The van der Waals surface area contributed by atoms with Crippen molar-refractivity contribution in [1.29, 1.82) is 0 Å². The summed E-state index contributed by atoms with van der Waals surface area (Å²) in [6.07, 6.45) is -1.42. The second kappa shape index (κ2) is 8.38. The van der Waals surface area contributed by atoms with Crippen LogP contribution >= 0.6 is 23.5 Å². The lowest BCUT2D eigenvalue weighted by atomic mass is 9.96. The summed E-state index contributed by atoms with van der Waals surface area (Å²) in [6, 6.07) is 0. The van der Waals surface area contributed by atoms with E-state index in [-0.39, 0.29) is 29.6 Å². The summed E-state index contributed by atoms with van der Waals surface area (Å²) in [5.41, 5.74) is 6.71. The molecular weight excluding hydrogens is 502 g/mol. The van der Waals surface area contributed by atoms with E-state index in [2.05, 4.69) is 35.1 Å². The Hall–Kier alpha value is -1.48. The van der Waals surface area contributed by atoms with Gasteiger partial charge in [-0.2, -0.15) is 8.62 Å². The molecule has 1 aromatic heterocycles. The third kappa shape index (κ3) is 5.90. The topological polar surface area (TPSA) is 237 Å². The number of ether oxygens (including phenoxy) is 1. The molecule has 7 N–H and O–H groups in total. The van der Waals surface area contributed by atoms with E-state index in [1.165, 1.54) is 17.8 Å². The number of nitrogens with one attached hydrogen (secondary N) is 1. The SMILES string of the molecule is C=C1N=C(N)Nn2c([C@@H]3O[C@H](COP(=O)(O)OP(=O)(O)OP(=O)(O)O)C[C@@]3(C)F)cnc21. The van der Waals surface area contributed by atoms with E-state index in [4.69, 9.17) is 25.2 Å². The van der Waals surface area contributed by atoms with Gasteiger partial charge in [-0.3, -0.25) is 9.95 Å². The Balaban J connectivity index is 1.68. The number of guanidine groups is 1. The smallest absolute Gasteiger partial charge is 0.368 e. The van der Waals surface area contributed by atoms with Crippen LogP contribution in [-0.4, -0.2) is 53.6 Å². The third-order valence-electron chi connectivity index (χ3n) is 4.14. The van der Waals surface area contributed by atoms with Crippen molar-refractivity contribution >= 4 is 35.1 Å². The Bertz CT molecular complexity index is 1100. The van der Waals surface area contributed by atoms with Crippen molar-refractivity contribution in [2.75, 3.05) is 12.0 Å². The van der Waals surface area contributed by atoms with Gasteiger partial charge in [0.25, 0.3) is 0 Å². The minimum Gasteiger partial charge on any atom is -0.368 e. The molecule has 2 unspecified atom stereocenters. The maximum Gasteiger partial charge on any atom is 0.490 e. The number of phosphoric ester groups is 1. The maximum absolute atomic E-state index is 15.2. The average molecular weight is 521 g/mol. The molecule has 20 heteroatoms. The molecule has 0 radical (unpaired) electrons. The molecule has 180 valence electrons. The van der Waals surface area contributed by atoms with Gasteiger partial charge >= 0.3 is 23.5 Å². The van der Waals surface area contributed by atoms with Crippen LogP contribution in [0.2, 0.25) is 0 Å². The molecular formula is C12H19FN5O11P3. The number of phosphoric acid groups is 3. The van der Waals surface area contributed by atoms with Crippen LogP contribution in [0.1, 0.15) is 31.0 Å². The van der Waals surface area contributed by atoms with Gasteiger partial charge in [0.05, 0.1) is 24.6 Å². The lowest BCUT2D eigenvalue weighted by Crippen LogP contribution is -2.37. The fraction of sp³-hybridized carbons (Fsp3) is 0.500. The number of fused-ring (bicyclic) bond motifs is 1. The summed E-state index contributed by atoms with van der Waals surface area (Å²) in [6.45, 7) is 4.10. The molecule has 0 aromatic carbocycles. The monoisotopic (exact) mass is 521 g/mol. The first-order chi connectivity index (χ1) is 14.5. The van der Waals surface area contributed by atoms with Crippen LogP contribution in [-0.2, 0) is 31.6 Å². The normalized spacial score (nSPS) is 29.6. The van der Waals surface area contributed by atoms with Gasteiger partial charge in [-0.05, 0) is 6.92 Å². The van der Waals surface area contributed by atoms with Gasteiger partial charge in [0, 0.05) is 6.42 Å². The van der Waals surface area contributed by atoms with E-state index in [1.54, 1.807) is 0 Å². The number of alkyl halides is 1. The van der Waals surface area contributed by atoms with Gasteiger partial charge in [0.15, 0.2) is 5.82 Å². The lowest BCUT2D eigenvalue weighted by Gasteiger charge is -2.24. The maximum atomic E-state index is 15.2. The minimum absolute atomic E-state index is 0.0236. The van der Waals surface area contributed by atoms with Gasteiger partial charge in [-0.15, -0.1) is 0 Å². The zero-order chi connectivity index (χ0) is 24.1. The molecule has 0 spiro atoms. The highest BCUT2D eigenvalue weighted by Gasteiger charge is 2.50. The zero-order valence-electron chi connectivity index (χ0n) is 16.1. The molecule has 0 aliphatic carbocycles. The van der Waals surface area contributed by atoms with Gasteiger partial charge in [0.1, 0.15) is 17.5 Å². The highest BCUT2D eigenvalue weighted by atomic mass is 31.3. The average Bonchev–Trinajstić information content (AvgIpc) is 3.09. The van der Waals surface area contributed by atoms with Crippen molar-refractivity contribution in [2.24, 2.45) is 10.7 Å². The van der Waals surface area contributed by atoms with Crippen LogP contribution in [0.5, 0.6) is 0 Å². The molecule has 3 rings (SSSR count). The number of hydrogen-bond acceptors (Lipinski definition) is 11. The lowest BCUT2D eigenvalue weighted by molar-refractivity contribution is -0.0195. The third-order valence-corrected chi connectivity index (χ3v) is 7.94. The summed E-state index contributed by atoms with van der Waals surface area (Å²) < 4.78 is 67.7. The first kappa shape index (κ1) is 25.1. The molecule has 1 saturated heterocycles. The Morgan fingerprint density at radius 2 is 2.00 bits per heavy atom. The van der Waals surface area contributed by atoms with Crippen molar-refractivity contribution in [2.45, 2.75) is 31.2 Å². The van der Waals surface area contributed by atoms with Crippen LogP contribution in [0.3, 0.4) is 0 Å². The molecule has 2 aliphatic rings. The fourth-order valence-corrected chi connectivity index (χ4v) is 6.15. The number of nitrogens with zero attached hydrogens (tertiary/aromatic N) is 3. The van der Waals surface area contributed by atoms with E-state index in [1.807, 2.05) is 0 Å². The standard InChI is InChI=1S/C12H19FN5O11P3/c1-6-10-15-4-8(18(10)17-11(14)16-6)9-12(2,13)3-7(27-9)5-26-31(22,23)29-32(24,25)28-30(19,20)21/h4,7,9H,1,3,5H2,2H3,(H,22,23)(H,24,25)(H3,14,16,17)(H2,19,20,21)/t7-,9-,12+/m0/s1. The summed E-state index contributed by atoms with van der Waals surface area (Å²) in [7, 11) is -16.6. The van der Waals surface area contributed by atoms with Crippen LogP contribution in [0.25, 0.3) is 5.70 Å². The Labute approximate surface area is 179 Å². The fourth-order valence-electron chi connectivity index (χ4n) is 3.10. The van der Waals surface area contributed by atoms with E-state index in [0.29, 0.717) is 0 Å². The number of aliphatic imine (C=N–C) groups is 1. The van der Waals surface area contributed by atoms with Crippen molar-refractivity contribution in [3.8, 4) is 0 Å². The van der Waals surface area contributed by atoms with Gasteiger partial charge in [-0.1, -0.05) is 6.58 Å². The van der Waals surface area contributed by atoms with Crippen molar-refractivity contribution < 1.29 is 55.5 Å². The predicted molar refractivity (Wildman–Crippen MR) is 104 cm³/mol. The van der Waals surface area contributed by atoms with E-state index < -0.39 is 48.0 Å². The summed E-state index contributed by atoms with van der Waals surface area (Å²) in [5.74, 6) is 0.231. The second-order valence-corrected chi connectivity index (χ2v) is 11.3. The van der Waals surface area contributed by atoms with Crippen molar-refractivity contribution in [3.63, 3.8) is 0 Å². The molecule has 32 heavy (non-hydrogen) atoms. The minimum atomic E-state index is -5.67. The second-order valence-electron chi connectivity index (χ2n) is 6.90. The molecule has 5 atom stereocenters. The van der Waals surface area contributed by atoms with Crippen LogP contribution in [0, 0.1) is 0 Å². The molecule has 0 amide bonds. The van der Waals surface area contributed by atoms with Gasteiger partial charge in [-0.25, -0.2) is 32.7 Å². The van der Waals surface area contributed by atoms with Crippen molar-refractivity contribution in [3.05, 3.63) is 24.3 Å². The molecule has 2 aliphatic heterocycles. The Kier molecular flexibility index (Phi) is 6.59. The molecule has 1 fully saturated rings. The number of hydrogen-bond donors (Lipinski definition) is 6. The number of halogens is 1. The summed E-state index contributed by atoms with van der Waals surface area (Å²) in [4.78, 5) is 43.7. The van der Waals surface area contributed by atoms with Crippen LogP contribution in [0.15, 0.2) is 17.8 Å².